The van der Waals surface area contributed by atoms with Crippen molar-refractivity contribution in [2.45, 2.75) is 50.9 Å². The number of rotatable bonds is 5. The second-order valence-corrected chi connectivity index (χ2v) is 7.35. The van der Waals surface area contributed by atoms with E-state index in [0.29, 0.717) is 12.8 Å². The minimum atomic E-state index is -4.85. The third-order valence-corrected chi connectivity index (χ3v) is 4.51. The topological polar surface area (TPSA) is 58.6 Å². The van der Waals surface area contributed by atoms with E-state index >= 15 is 0 Å². The molecule has 1 aliphatic carbocycles. The molecule has 5 nitrogen and oxygen atoms in total. The van der Waals surface area contributed by atoms with Crippen LogP contribution in [0, 0.1) is 5.82 Å². The first-order valence-electron chi connectivity index (χ1n) is 8.34. The molecule has 0 spiro atoms. The molecule has 1 saturated carbocycles. The Bertz CT molecular complexity index is 743. The first kappa shape index (κ1) is 21.0. The molecule has 0 radical (unpaired) electrons. The molecule has 27 heavy (non-hydrogen) atoms. The maximum atomic E-state index is 13.6. The second-order valence-electron chi connectivity index (χ2n) is 7.35. The number of ether oxygens (including phenoxy) is 1. The summed E-state index contributed by atoms with van der Waals surface area (Å²) in [6.07, 6.45) is -4.77. The van der Waals surface area contributed by atoms with Gasteiger partial charge in [0.15, 0.2) is 0 Å². The van der Waals surface area contributed by atoms with E-state index in [1.54, 1.807) is 13.8 Å². The van der Waals surface area contributed by atoms with Crippen molar-refractivity contribution >= 4 is 12.0 Å². The summed E-state index contributed by atoms with van der Waals surface area (Å²) in [7, 11) is 1.17. The summed E-state index contributed by atoms with van der Waals surface area (Å²) in [5.41, 5.74) is -3.07. The maximum absolute atomic E-state index is 13.6. The zero-order chi connectivity index (χ0) is 20.6. The van der Waals surface area contributed by atoms with Crippen LogP contribution >= 0.6 is 0 Å². The first-order valence-corrected chi connectivity index (χ1v) is 8.34. The van der Waals surface area contributed by atoms with Crippen LogP contribution in [-0.4, -0.2) is 36.1 Å². The quantitative estimate of drug-likeness (QED) is 0.778. The van der Waals surface area contributed by atoms with Gasteiger partial charge in [-0.05, 0) is 44.4 Å². The lowest BCUT2D eigenvalue weighted by molar-refractivity contribution is -0.140. The predicted octanol–water partition coefficient (Wildman–Crippen LogP) is 3.82. The van der Waals surface area contributed by atoms with E-state index in [-0.39, 0.29) is 18.0 Å². The summed E-state index contributed by atoms with van der Waals surface area (Å²) in [6.45, 7) is 4.71. The number of amides is 2. The predicted molar refractivity (Wildman–Crippen MR) is 89.3 cm³/mol. The molecule has 1 fully saturated rings. The number of hydrogen-bond donors (Lipinski definition) is 1. The monoisotopic (exact) mass is 390 g/mol. The van der Waals surface area contributed by atoms with Gasteiger partial charge in [-0.15, -0.1) is 0 Å². The molecule has 150 valence electrons. The zero-order valence-corrected chi connectivity index (χ0v) is 15.5. The molecule has 1 aromatic rings. The van der Waals surface area contributed by atoms with Crippen molar-refractivity contribution in [1.82, 2.24) is 10.2 Å². The van der Waals surface area contributed by atoms with Crippen LogP contribution in [-0.2, 0) is 21.2 Å². The molecule has 0 unspecified atom stereocenters. The van der Waals surface area contributed by atoms with Crippen LogP contribution in [0.4, 0.5) is 22.4 Å². The lowest BCUT2D eigenvalue weighted by Gasteiger charge is -2.38. The Morgan fingerprint density at radius 1 is 1.26 bits per heavy atom. The van der Waals surface area contributed by atoms with Gasteiger partial charge in [0.1, 0.15) is 5.82 Å². The number of halogens is 4. The Morgan fingerprint density at radius 2 is 1.85 bits per heavy atom. The minimum Gasteiger partial charge on any atom is -0.453 e. The van der Waals surface area contributed by atoms with Crippen LogP contribution < -0.4 is 5.32 Å². The SMILES string of the molecule is COC(=O)N(CC(C)(C)NC(C)=O)C1(c2ccc(F)c(C(F)(F)F)c2)CC1. The summed E-state index contributed by atoms with van der Waals surface area (Å²) in [6, 6.07) is 2.75. The fourth-order valence-corrected chi connectivity index (χ4v) is 3.28. The third kappa shape index (κ3) is 4.51. The summed E-state index contributed by atoms with van der Waals surface area (Å²) in [5.74, 6) is -1.68. The molecule has 1 aromatic carbocycles. The van der Waals surface area contributed by atoms with Gasteiger partial charge in [-0.25, -0.2) is 9.18 Å². The van der Waals surface area contributed by atoms with Crippen molar-refractivity contribution in [2.24, 2.45) is 0 Å². The van der Waals surface area contributed by atoms with Crippen molar-refractivity contribution in [3.63, 3.8) is 0 Å². The summed E-state index contributed by atoms with van der Waals surface area (Å²) in [5, 5.41) is 2.70. The normalized spacial score (nSPS) is 15.9. The number of carbonyl (C=O) groups is 2. The van der Waals surface area contributed by atoms with Crippen molar-refractivity contribution in [2.75, 3.05) is 13.7 Å². The van der Waals surface area contributed by atoms with E-state index in [1.807, 2.05) is 0 Å². The molecular weight excluding hydrogens is 368 g/mol. The van der Waals surface area contributed by atoms with Gasteiger partial charge < -0.3 is 10.1 Å². The van der Waals surface area contributed by atoms with Gasteiger partial charge in [-0.2, -0.15) is 13.2 Å². The molecule has 2 rings (SSSR count). The largest absolute Gasteiger partial charge is 0.453 e. The van der Waals surface area contributed by atoms with Crippen LogP contribution in [0.15, 0.2) is 18.2 Å². The highest BCUT2D eigenvalue weighted by Gasteiger charge is 2.54. The molecule has 1 aliphatic rings. The molecule has 0 aromatic heterocycles. The highest BCUT2D eigenvalue weighted by molar-refractivity contribution is 5.74. The van der Waals surface area contributed by atoms with E-state index in [0.717, 1.165) is 12.1 Å². The van der Waals surface area contributed by atoms with Crippen LogP contribution in [0.2, 0.25) is 0 Å². The van der Waals surface area contributed by atoms with Crippen LogP contribution in [0.3, 0.4) is 0 Å². The Kier molecular flexibility index (Phi) is 5.45. The van der Waals surface area contributed by atoms with Crippen molar-refractivity contribution in [3.8, 4) is 0 Å². The zero-order valence-electron chi connectivity index (χ0n) is 15.5. The lowest BCUT2D eigenvalue weighted by atomic mass is 9.97. The minimum absolute atomic E-state index is 0.0119. The van der Waals surface area contributed by atoms with Gasteiger partial charge in [0.05, 0.1) is 23.8 Å². The van der Waals surface area contributed by atoms with Gasteiger partial charge in [-0.3, -0.25) is 9.69 Å². The fourth-order valence-electron chi connectivity index (χ4n) is 3.28. The van der Waals surface area contributed by atoms with E-state index in [4.69, 9.17) is 4.74 Å². The number of hydrogen-bond acceptors (Lipinski definition) is 3. The number of methoxy groups -OCH3 is 1. The molecular formula is C18H22F4N2O3. The van der Waals surface area contributed by atoms with E-state index < -0.39 is 34.7 Å². The summed E-state index contributed by atoms with van der Waals surface area (Å²) in [4.78, 5) is 25.1. The molecule has 2 amide bonds. The van der Waals surface area contributed by atoms with Crippen LogP contribution in [0.1, 0.15) is 44.7 Å². The smallest absolute Gasteiger partial charge is 0.419 e. The number of nitrogens with one attached hydrogen (secondary N) is 1. The number of carbonyl (C=O) groups excluding carboxylic acids is 2. The van der Waals surface area contributed by atoms with Gasteiger partial charge in [0, 0.05) is 13.5 Å². The lowest BCUT2D eigenvalue weighted by Crippen LogP contribution is -2.55. The standard InChI is InChI=1S/C18H22F4N2O3/c1-11(25)23-16(2,3)10-24(15(26)27-4)17(7-8-17)12-5-6-14(19)13(9-12)18(20,21)22/h5-6,9H,7-8,10H2,1-4H3,(H,23,25). The Labute approximate surface area is 154 Å². The van der Waals surface area contributed by atoms with Gasteiger partial charge in [0.2, 0.25) is 5.91 Å². The second kappa shape index (κ2) is 7.01. The average Bonchev–Trinajstić information content (AvgIpc) is 3.31. The Morgan fingerprint density at radius 3 is 2.30 bits per heavy atom. The first-order chi connectivity index (χ1) is 12.3. The Balaban J connectivity index is 2.44. The highest BCUT2D eigenvalue weighted by atomic mass is 19.4. The van der Waals surface area contributed by atoms with Crippen molar-refractivity contribution < 1.29 is 31.9 Å². The van der Waals surface area contributed by atoms with E-state index in [2.05, 4.69) is 5.32 Å². The average molecular weight is 390 g/mol. The van der Waals surface area contributed by atoms with E-state index in [9.17, 15) is 27.2 Å². The highest BCUT2D eigenvalue weighted by Crippen LogP contribution is 2.52. The molecule has 0 bridgehead atoms. The van der Waals surface area contributed by atoms with Crippen molar-refractivity contribution in [1.29, 1.82) is 0 Å². The van der Waals surface area contributed by atoms with Gasteiger partial charge in [0.25, 0.3) is 0 Å². The molecule has 0 aliphatic heterocycles. The fraction of sp³-hybridized carbons (Fsp3) is 0.556. The van der Waals surface area contributed by atoms with E-state index in [1.165, 1.54) is 25.0 Å². The summed E-state index contributed by atoms with van der Waals surface area (Å²) < 4.78 is 57.7. The molecule has 0 saturated heterocycles. The third-order valence-electron chi connectivity index (χ3n) is 4.51. The molecule has 0 heterocycles. The number of nitrogens with zero attached hydrogens (tertiary/aromatic N) is 1. The van der Waals surface area contributed by atoms with Gasteiger partial charge in [-0.1, -0.05) is 6.07 Å². The summed E-state index contributed by atoms with van der Waals surface area (Å²) >= 11 is 0. The maximum Gasteiger partial charge on any atom is 0.419 e. The van der Waals surface area contributed by atoms with Gasteiger partial charge >= 0.3 is 12.3 Å². The van der Waals surface area contributed by atoms with Crippen LogP contribution in [0.5, 0.6) is 0 Å². The molecule has 1 N–H and O–H groups in total. The van der Waals surface area contributed by atoms with Crippen LogP contribution in [0.25, 0.3) is 0 Å². The van der Waals surface area contributed by atoms with Crippen molar-refractivity contribution in [3.05, 3.63) is 35.1 Å². The molecule has 9 heteroatoms. The molecule has 0 atom stereocenters. The number of benzene rings is 1. The number of alkyl halides is 3. The Hall–Kier alpha value is -2.32.